The van der Waals surface area contributed by atoms with E-state index in [0.717, 1.165) is 24.4 Å². The van der Waals surface area contributed by atoms with Crippen LogP contribution in [0.15, 0.2) is 25.3 Å². The van der Waals surface area contributed by atoms with Gasteiger partial charge in [0, 0.05) is 0 Å². The number of ether oxygens (including phenoxy) is 1. The smallest absolute Gasteiger partial charge is 0.0648 e. The summed E-state index contributed by atoms with van der Waals surface area (Å²) in [6, 6.07) is 0. The predicted octanol–water partition coefficient (Wildman–Crippen LogP) is 5.52. The Kier molecular flexibility index (Phi) is 6.86. The molecule has 2 aliphatic rings. The highest BCUT2D eigenvalue weighted by molar-refractivity contribution is 4.83. The van der Waals surface area contributed by atoms with Crippen LogP contribution in [0.3, 0.4) is 0 Å². The molecule has 0 spiro atoms. The van der Waals surface area contributed by atoms with Crippen LogP contribution in [0.4, 0.5) is 0 Å². The maximum atomic E-state index is 5.80. The summed E-state index contributed by atoms with van der Waals surface area (Å²) < 4.78 is 5.80. The third-order valence-corrected chi connectivity index (χ3v) is 5.51. The lowest BCUT2D eigenvalue weighted by Crippen LogP contribution is -2.28. The molecule has 0 N–H and O–H groups in total. The molecule has 0 radical (unpaired) electrons. The lowest BCUT2D eigenvalue weighted by atomic mass is 9.70. The fourth-order valence-corrected chi connectivity index (χ4v) is 4.23. The van der Waals surface area contributed by atoms with Gasteiger partial charge in [0.25, 0.3) is 0 Å². The van der Waals surface area contributed by atoms with Gasteiger partial charge in [0.2, 0.25) is 0 Å². The molecule has 0 atom stereocenters. The molecule has 0 aliphatic heterocycles. The highest BCUT2D eigenvalue weighted by Gasteiger charge is 2.30. The van der Waals surface area contributed by atoms with Gasteiger partial charge in [-0.25, -0.2) is 0 Å². The van der Waals surface area contributed by atoms with Gasteiger partial charge in [0.05, 0.1) is 12.7 Å². The zero-order chi connectivity index (χ0) is 14.2. The first kappa shape index (κ1) is 15.8. The zero-order valence-electron chi connectivity index (χ0n) is 13.1. The van der Waals surface area contributed by atoms with Crippen LogP contribution in [0.2, 0.25) is 0 Å². The molecule has 0 amide bonds. The fraction of sp³-hybridized carbons (Fsp3) is 0.789. The Morgan fingerprint density at radius 3 is 1.95 bits per heavy atom. The maximum Gasteiger partial charge on any atom is 0.0648 e. The van der Waals surface area contributed by atoms with Crippen LogP contribution >= 0.6 is 0 Å². The Labute approximate surface area is 125 Å². The molecule has 0 aromatic heterocycles. The number of hydrogen-bond donors (Lipinski definition) is 0. The van der Waals surface area contributed by atoms with E-state index in [4.69, 9.17) is 4.74 Å². The Bertz CT molecular complexity index is 250. The molecule has 2 aliphatic carbocycles. The Balaban J connectivity index is 1.65. The fourth-order valence-electron chi connectivity index (χ4n) is 4.23. The molecule has 20 heavy (non-hydrogen) atoms. The van der Waals surface area contributed by atoms with Gasteiger partial charge in [0.1, 0.15) is 0 Å². The van der Waals surface area contributed by atoms with Crippen LogP contribution in [-0.2, 0) is 4.74 Å². The number of allylic oxidation sites excluding steroid dienone is 1. The predicted molar refractivity (Wildman–Crippen MR) is 86.8 cm³/mol. The van der Waals surface area contributed by atoms with Crippen molar-refractivity contribution in [2.45, 2.75) is 70.3 Å². The summed E-state index contributed by atoms with van der Waals surface area (Å²) in [6.07, 6.45) is 18.3. The van der Waals surface area contributed by atoms with Crippen LogP contribution in [0, 0.1) is 17.8 Å². The Morgan fingerprint density at radius 2 is 1.40 bits per heavy atom. The molecular formula is C19H32O. The average molecular weight is 276 g/mol. The second-order valence-corrected chi connectivity index (χ2v) is 6.81. The molecule has 0 heterocycles. The maximum absolute atomic E-state index is 5.80. The van der Waals surface area contributed by atoms with Gasteiger partial charge in [-0.3, -0.25) is 0 Å². The second kappa shape index (κ2) is 8.67. The molecule has 0 aromatic rings. The molecule has 2 fully saturated rings. The topological polar surface area (TPSA) is 9.23 Å². The van der Waals surface area contributed by atoms with E-state index in [0.29, 0.717) is 6.10 Å². The van der Waals surface area contributed by atoms with E-state index in [1.165, 1.54) is 64.2 Å². The largest absolute Gasteiger partial charge is 0.374 e. The van der Waals surface area contributed by atoms with Crippen LogP contribution in [0.5, 0.6) is 0 Å². The summed E-state index contributed by atoms with van der Waals surface area (Å²) in [5.74, 6) is 2.98. The van der Waals surface area contributed by atoms with E-state index < -0.39 is 0 Å². The lowest BCUT2D eigenvalue weighted by molar-refractivity contribution is 0.0211. The van der Waals surface area contributed by atoms with Crippen molar-refractivity contribution in [3.63, 3.8) is 0 Å². The van der Waals surface area contributed by atoms with E-state index >= 15 is 0 Å². The van der Waals surface area contributed by atoms with Gasteiger partial charge in [-0.1, -0.05) is 25.0 Å². The van der Waals surface area contributed by atoms with Crippen molar-refractivity contribution in [1.29, 1.82) is 0 Å². The minimum atomic E-state index is 0.508. The van der Waals surface area contributed by atoms with Crippen molar-refractivity contribution < 1.29 is 4.74 Å². The zero-order valence-corrected chi connectivity index (χ0v) is 13.1. The SMILES string of the molecule is C=CCC[C@H]1CC[C@H]([C@H]2CC[C@H](OCC=C)CC2)CC1. The third-order valence-electron chi connectivity index (χ3n) is 5.51. The summed E-state index contributed by atoms with van der Waals surface area (Å²) in [5, 5.41) is 0. The highest BCUT2D eigenvalue weighted by atomic mass is 16.5. The minimum absolute atomic E-state index is 0.508. The van der Waals surface area contributed by atoms with Crippen molar-refractivity contribution in [3.05, 3.63) is 25.3 Å². The van der Waals surface area contributed by atoms with E-state index in [1.807, 2.05) is 6.08 Å². The molecule has 0 saturated heterocycles. The van der Waals surface area contributed by atoms with Gasteiger partial charge in [-0.15, -0.1) is 13.2 Å². The van der Waals surface area contributed by atoms with Crippen LogP contribution in [0.1, 0.15) is 64.2 Å². The standard InChI is InChI=1S/C19H32O/c1-3-5-6-16-7-9-17(10-8-16)18-11-13-19(14-12-18)20-15-4-2/h3-4,16-19H,1-2,5-15H2/t16-,17-,18-,19-. The van der Waals surface area contributed by atoms with Crippen molar-refractivity contribution in [2.75, 3.05) is 6.61 Å². The average Bonchev–Trinajstić information content (AvgIpc) is 2.52. The van der Waals surface area contributed by atoms with Crippen LogP contribution in [-0.4, -0.2) is 12.7 Å². The van der Waals surface area contributed by atoms with Crippen LogP contribution < -0.4 is 0 Å². The summed E-state index contributed by atoms with van der Waals surface area (Å²) in [5.41, 5.74) is 0. The van der Waals surface area contributed by atoms with Crippen LogP contribution in [0.25, 0.3) is 0 Å². The van der Waals surface area contributed by atoms with Gasteiger partial charge in [-0.05, 0) is 69.1 Å². The van der Waals surface area contributed by atoms with Crippen molar-refractivity contribution >= 4 is 0 Å². The summed E-state index contributed by atoms with van der Waals surface area (Å²) >= 11 is 0. The number of hydrogen-bond acceptors (Lipinski definition) is 1. The monoisotopic (exact) mass is 276 g/mol. The van der Waals surface area contributed by atoms with Crippen molar-refractivity contribution in [3.8, 4) is 0 Å². The first-order valence-electron chi connectivity index (χ1n) is 8.66. The quantitative estimate of drug-likeness (QED) is 0.556. The first-order chi connectivity index (χ1) is 9.83. The minimum Gasteiger partial charge on any atom is -0.374 e. The molecule has 0 unspecified atom stereocenters. The molecule has 114 valence electrons. The first-order valence-corrected chi connectivity index (χ1v) is 8.66. The van der Waals surface area contributed by atoms with Crippen molar-refractivity contribution in [1.82, 2.24) is 0 Å². The normalized spacial score (nSPS) is 34.6. The summed E-state index contributed by atoms with van der Waals surface area (Å²) in [7, 11) is 0. The lowest BCUT2D eigenvalue weighted by Gasteiger charge is -2.37. The van der Waals surface area contributed by atoms with Gasteiger partial charge in [0.15, 0.2) is 0 Å². The van der Waals surface area contributed by atoms with Gasteiger partial charge >= 0.3 is 0 Å². The Morgan fingerprint density at radius 1 is 0.800 bits per heavy atom. The van der Waals surface area contributed by atoms with Gasteiger partial charge < -0.3 is 4.74 Å². The van der Waals surface area contributed by atoms with Gasteiger partial charge in [-0.2, -0.15) is 0 Å². The van der Waals surface area contributed by atoms with E-state index in [-0.39, 0.29) is 0 Å². The summed E-state index contributed by atoms with van der Waals surface area (Å²) in [4.78, 5) is 0. The molecular weight excluding hydrogens is 244 g/mol. The number of rotatable bonds is 7. The highest BCUT2D eigenvalue weighted by Crippen LogP contribution is 2.41. The molecule has 2 saturated carbocycles. The van der Waals surface area contributed by atoms with E-state index in [1.54, 1.807) is 0 Å². The molecule has 1 heteroatoms. The van der Waals surface area contributed by atoms with Crippen molar-refractivity contribution in [2.24, 2.45) is 17.8 Å². The molecule has 0 bridgehead atoms. The summed E-state index contributed by atoms with van der Waals surface area (Å²) in [6.45, 7) is 8.30. The van der Waals surface area contributed by atoms with E-state index in [2.05, 4.69) is 19.2 Å². The molecule has 2 rings (SSSR count). The Hall–Kier alpha value is -0.560. The third kappa shape index (κ3) is 4.77. The molecule has 1 nitrogen and oxygen atoms in total. The second-order valence-electron chi connectivity index (χ2n) is 6.81. The molecule has 0 aromatic carbocycles. The van der Waals surface area contributed by atoms with E-state index in [9.17, 15) is 0 Å².